The quantitative estimate of drug-likeness (QED) is 0.656. The molecule has 1 N–H and O–H groups in total. The molecule has 1 aliphatic heterocycles. The van der Waals surface area contributed by atoms with Gasteiger partial charge in [-0.25, -0.2) is 0 Å². The fourth-order valence-electron chi connectivity index (χ4n) is 3.67. The van der Waals surface area contributed by atoms with Gasteiger partial charge in [-0.1, -0.05) is 12.5 Å². The third kappa shape index (κ3) is 6.96. The van der Waals surface area contributed by atoms with Gasteiger partial charge in [0.25, 0.3) is 0 Å². The summed E-state index contributed by atoms with van der Waals surface area (Å²) in [7, 11) is 3.67. The van der Waals surface area contributed by atoms with E-state index in [1.807, 2.05) is 25.2 Å². The molecule has 1 aromatic heterocycles. The topological polar surface area (TPSA) is 71.0 Å². The highest BCUT2D eigenvalue weighted by Gasteiger charge is 2.16. The molecule has 0 bridgehead atoms. The van der Waals surface area contributed by atoms with Crippen LogP contribution in [0.5, 0.6) is 11.5 Å². The van der Waals surface area contributed by atoms with Gasteiger partial charge >= 0.3 is 0 Å². The molecule has 1 atom stereocenters. The molecule has 7 heteroatoms. The second-order valence-corrected chi connectivity index (χ2v) is 7.68. The molecule has 0 saturated carbocycles. The lowest BCUT2D eigenvalue weighted by molar-refractivity contribution is 0.0608. The molecular weight excluding hydrogens is 368 g/mol. The zero-order chi connectivity index (χ0) is 20.5. The maximum absolute atomic E-state index is 10.4. The summed E-state index contributed by atoms with van der Waals surface area (Å²) in [6, 6.07) is 5.93. The second-order valence-electron chi connectivity index (χ2n) is 7.68. The van der Waals surface area contributed by atoms with Gasteiger partial charge in [0.15, 0.2) is 11.5 Å². The van der Waals surface area contributed by atoms with Gasteiger partial charge in [-0.3, -0.25) is 14.9 Å². The van der Waals surface area contributed by atoms with Gasteiger partial charge in [-0.15, -0.1) is 0 Å². The van der Waals surface area contributed by atoms with Crippen molar-refractivity contribution >= 4 is 0 Å². The van der Waals surface area contributed by atoms with Gasteiger partial charge in [0.1, 0.15) is 12.7 Å². The lowest BCUT2D eigenvalue weighted by Crippen LogP contribution is -2.38. The Morgan fingerprint density at radius 2 is 1.97 bits per heavy atom. The van der Waals surface area contributed by atoms with Crippen LogP contribution in [-0.2, 0) is 13.1 Å². The number of nitrogens with zero attached hydrogens (tertiary/aromatic N) is 4. The lowest BCUT2D eigenvalue weighted by Gasteiger charge is -2.28. The van der Waals surface area contributed by atoms with E-state index in [-0.39, 0.29) is 6.61 Å². The first-order valence-electron chi connectivity index (χ1n) is 10.3. The summed E-state index contributed by atoms with van der Waals surface area (Å²) in [6.45, 7) is 4.49. The van der Waals surface area contributed by atoms with Gasteiger partial charge in [0.05, 0.1) is 12.8 Å². The van der Waals surface area contributed by atoms with E-state index in [9.17, 15) is 5.11 Å². The normalized spacial score (nSPS) is 16.0. The van der Waals surface area contributed by atoms with E-state index in [1.165, 1.54) is 19.3 Å². The van der Waals surface area contributed by atoms with E-state index in [0.29, 0.717) is 24.6 Å². The first-order chi connectivity index (χ1) is 14.1. The second kappa shape index (κ2) is 11.1. The van der Waals surface area contributed by atoms with Gasteiger partial charge in [0.2, 0.25) is 0 Å². The average Bonchev–Trinajstić information content (AvgIpc) is 2.74. The van der Waals surface area contributed by atoms with E-state index in [0.717, 1.165) is 30.9 Å². The predicted molar refractivity (Wildman–Crippen MR) is 112 cm³/mol. The monoisotopic (exact) mass is 400 g/mol. The van der Waals surface area contributed by atoms with Crippen molar-refractivity contribution in [3.8, 4) is 11.5 Å². The SMILES string of the molecule is COc1ccc(CN(C)Cc2cnccn2)cc1OC[C@H](O)CN1CCCCC1. The molecule has 0 aliphatic carbocycles. The number of hydrogen-bond acceptors (Lipinski definition) is 7. The number of β-amino-alcohol motifs (C(OH)–C–C–N with tert-alkyl or cyclic N) is 1. The molecule has 0 unspecified atom stereocenters. The molecule has 1 fully saturated rings. The Morgan fingerprint density at radius 3 is 2.69 bits per heavy atom. The highest BCUT2D eigenvalue weighted by atomic mass is 16.5. The summed E-state index contributed by atoms with van der Waals surface area (Å²) in [6.07, 6.45) is 8.37. The van der Waals surface area contributed by atoms with E-state index >= 15 is 0 Å². The maximum Gasteiger partial charge on any atom is 0.161 e. The zero-order valence-corrected chi connectivity index (χ0v) is 17.5. The number of aromatic nitrogens is 2. The molecule has 0 amide bonds. The van der Waals surface area contributed by atoms with Crippen LogP contribution in [0.1, 0.15) is 30.5 Å². The van der Waals surface area contributed by atoms with E-state index in [2.05, 4.69) is 19.8 Å². The van der Waals surface area contributed by atoms with Gasteiger partial charge in [0, 0.05) is 38.2 Å². The van der Waals surface area contributed by atoms with Crippen LogP contribution in [-0.4, -0.2) is 71.4 Å². The largest absolute Gasteiger partial charge is 0.493 e. The van der Waals surface area contributed by atoms with Crippen molar-refractivity contribution < 1.29 is 14.6 Å². The number of benzene rings is 1. The molecule has 29 heavy (non-hydrogen) atoms. The molecular formula is C22H32N4O3. The van der Waals surface area contributed by atoms with Crippen LogP contribution in [0.25, 0.3) is 0 Å². The Balaban J connectivity index is 1.54. The van der Waals surface area contributed by atoms with Crippen LogP contribution in [0, 0.1) is 0 Å². The van der Waals surface area contributed by atoms with Crippen LogP contribution < -0.4 is 9.47 Å². The third-order valence-electron chi connectivity index (χ3n) is 5.08. The molecule has 1 saturated heterocycles. The molecule has 3 rings (SSSR count). The molecule has 7 nitrogen and oxygen atoms in total. The minimum Gasteiger partial charge on any atom is -0.493 e. The van der Waals surface area contributed by atoms with Gasteiger partial charge in [-0.2, -0.15) is 0 Å². The lowest BCUT2D eigenvalue weighted by atomic mass is 10.1. The number of likely N-dealkylation sites (tertiary alicyclic amines) is 1. The summed E-state index contributed by atoms with van der Waals surface area (Å²) in [5.41, 5.74) is 2.04. The van der Waals surface area contributed by atoms with Crippen LogP contribution in [0.2, 0.25) is 0 Å². The average molecular weight is 401 g/mol. The number of rotatable bonds is 10. The fourth-order valence-corrected chi connectivity index (χ4v) is 3.67. The number of ether oxygens (including phenoxy) is 2. The minimum atomic E-state index is -0.513. The Hall–Kier alpha value is -2.22. The minimum absolute atomic E-state index is 0.256. The molecule has 2 heterocycles. The highest BCUT2D eigenvalue weighted by molar-refractivity contribution is 5.43. The van der Waals surface area contributed by atoms with Crippen LogP contribution in [0.3, 0.4) is 0 Å². The van der Waals surface area contributed by atoms with Crippen molar-refractivity contribution in [2.45, 2.75) is 38.5 Å². The summed E-state index contributed by atoms with van der Waals surface area (Å²) in [4.78, 5) is 12.9. The number of aliphatic hydroxyl groups is 1. The van der Waals surface area contributed by atoms with E-state index in [1.54, 1.807) is 25.7 Å². The van der Waals surface area contributed by atoms with Crippen molar-refractivity contribution in [1.29, 1.82) is 0 Å². The number of hydrogen-bond donors (Lipinski definition) is 1. The molecule has 1 aliphatic rings. The van der Waals surface area contributed by atoms with Crippen molar-refractivity contribution in [1.82, 2.24) is 19.8 Å². The smallest absolute Gasteiger partial charge is 0.161 e. The Bertz CT molecular complexity index is 738. The van der Waals surface area contributed by atoms with Crippen molar-refractivity contribution in [2.75, 3.05) is 40.4 Å². The standard InChI is InChI=1S/C22H32N4O3/c1-25(15-19-13-23-8-9-24-19)14-18-6-7-21(28-2)22(12-18)29-17-20(27)16-26-10-4-3-5-11-26/h6-9,12-13,20,27H,3-5,10-11,14-17H2,1-2H3/t20-/m1/s1. The zero-order valence-electron chi connectivity index (χ0n) is 17.5. The summed E-state index contributed by atoms with van der Waals surface area (Å²) >= 11 is 0. The summed E-state index contributed by atoms with van der Waals surface area (Å²) in [5.74, 6) is 1.34. The van der Waals surface area contributed by atoms with Crippen LogP contribution in [0.15, 0.2) is 36.8 Å². The van der Waals surface area contributed by atoms with E-state index in [4.69, 9.17) is 9.47 Å². The molecule has 2 aromatic rings. The van der Waals surface area contributed by atoms with Gasteiger partial charge in [-0.05, 0) is 50.7 Å². The first-order valence-corrected chi connectivity index (χ1v) is 10.3. The van der Waals surface area contributed by atoms with Crippen LogP contribution in [0.4, 0.5) is 0 Å². The predicted octanol–water partition coefficient (Wildman–Crippen LogP) is 2.34. The highest BCUT2D eigenvalue weighted by Crippen LogP contribution is 2.29. The number of methoxy groups -OCH3 is 1. The number of piperidine rings is 1. The Labute approximate surface area is 173 Å². The fraction of sp³-hybridized carbons (Fsp3) is 0.545. The Kier molecular flexibility index (Phi) is 8.22. The summed E-state index contributed by atoms with van der Waals surface area (Å²) < 4.78 is 11.4. The maximum atomic E-state index is 10.4. The Morgan fingerprint density at radius 1 is 1.14 bits per heavy atom. The molecule has 0 spiro atoms. The molecule has 1 aromatic carbocycles. The molecule has 158 valence electrons. The van der Waals surface area contributed by atoms with Crippen molar-refractivity contribution in [2.24, 2.45) is 0 Å². The first kappa shape index (κ1) is 21.5. The summed E-state index contributed by atoms with van der Waals surface area (Å²) in [5, 5.41) is 10.4. The third-order valence-corrected chi connectivity index (χ3v) is 5.08. The number of aliphatic hydroxyl groups excluding tert-OH is 1. The molecule has 0 radical (unpaired) electrons. The van der Waals surface area contributed by atoms with Gasteiger partial charge < -0.3 is 19.5 Å². The van der Waals surface area contributed by atoms with E-state index < -0.39 is 6.10 Å². The van der Waals surface area contributed by atoms with Crippen LogP contribution >= 0.6 is 0 Å². The van der Waals surface area contributed by atoms with Crippen molar-refractivity contribution in [3.63, 3.8) is 0 Å². The van der Waals surface area contributed by atoms with Crippen molar-refractivity contribution in [3.05, 3.63) is 48.0 Å².